The van der Waals surface area contributed by atoms with Gasteiger partial charge in [0, 0.05) is 18.0 Å². The maximum atomic E-state index is 12.1. The van der Waals surface area contributed by atoms with Crippen molar-refractivity contribution in [3.05, 3.63) is 60.2 Å². The minimum Gasteiger partial charge on any atom is -0.354 e. The Labute approximate surface area is 146 Å². The molecule has 0 atom stereocenters. The quantitative estimate of drug-likeness (QED) is 0.556. The smallest absolute Gasteiger partial charge is 0.240 e. The van der Waals surface area contributed by atoms with E-state index in [4.69, 9.17) is 0 Å². The average molecular weight is 364 g/mol. The van der Waals surface area contributed by atoms with E-state index in [0.29, 0.717) is 5.75 Å². The van der Waals surface area contributed by atoms with Crippen LogP contribution in [0.3, 0.4) is 0 Å². The van der Waals surface area contributed by atoms with E-state index in [1.54, 1.807) is 24.3 Å². The van der Waals surface area contributed by atoms with E-state index in [1.807, 2.05) is 37.3 Å². The van der Waals surface area contributed by atoms with Crippen LogP contribution in [0.4, 0.5) is 0 Å². The van der Waals surface area contributed by atoms with Crippen molar-refractivity contribution in [2.75, 3.05) is 18.8 Å². The molecular weight excluding hydrogens is 344 g/mol. The normalized spacial score (nSPS) is 11.2. The number of hydrogen-bond acceptors (Lipinski definition) is 4. The van der Waals surface area contributed by atoms with Crippen molar-refractivity contribution in [2.24, 2.45) is 0 Å². The second-order valence-corrected chi connectivity index (χ2v) is 7.98. The number of carbonyl (C=O) groups is 1. The van der Waals surface area contributed by atoms with Crippen molar-refractivity contribution in [1.29, 1.82) is 0 Å². The van der Waals surface area contributed by atoms with Crippen molar-refractivity contribution in [3.8, 4) is 0 Å². The Morgan fingerprint density at radius 3 is 2.33 bits per heavy atom. The summed E-state index contributed by atoms with van der Waals surface area (Å²) in [6, 6.07) is 16.2. The third-order valence-electron chi connectivity index (χ3n) is 3.18. The molecule has 0 radical (unpaired) electrons. The third kappa shape index (κ3) is 5.99. The van der Waals surface area contributed by atoms with Crippen molar-refractivity contribution in [1.82, 2.24) is 10.0 Å². The maximum Gasteiger partial charge on any atom is 0.240 e. The van der Waals surface area contributed by atoms with Gasteiger partial charge in [0.1, 0.15) is 0 Å². The van der Waals surface area contributed by atoms with Crippen LogP contribution in [0.1, 0.15) is 5.56 Å². The van der Waals surface area contributed by atoms with Gasteiger partial charge in [-0.25, -0.2) is 13.1 Å². The second-order valence-electron chi connectivity index (χ2n) is 5.16. The van der Waals surface area contributed by atoms with Crippen LogP contribution < -0.4 is 10.0 Å². The number of nitrogens with one attached hydrogen (secondary N) is 2. The summed E-state index contributed by atoms with van der Waals surface area (Å²) in [5, 5.41) is 2.70. The van der Waals surface area contributed by atoms with Crippen molar-refractivity contribution >= 4 is 27.7 Å². The lowest BCUT2D eigenvalue weighted by Crippen LogP contribution is -2.35. The Hall–Kier alpha value is -1.83. The number of amides is 1. The molecule has 128 valence electrons. The van der Waals surface area contributed by atoms with E-state index in [9.17, 15) is 13.2 Å². The lowest BCUT2D eigenvalue weighted by Gasteiger charge is -2.08. The molecule has 1 amide bonds. The SMILES string of the molecule is Cc1ccc(S(=O)(=O)NCCNC(=O)CSc2ccccc2)cc1. The van der Waals surface area contributed by atoms with Crippen LogP contribution in [0.15, 0.2) is 64.4 Å². The molecule has 0 aliphatic carbocycles. The molecule has 0 spiro atoms. The Bertz CT molecular complexity index is 760. The first-order valence-corrected chi connectivity index (χ1v) is 9.95. The highest BCUT2D eigenvalue weighted by atomic mass is 32.2. The summed E-state index contributed by atoms with van der Waals surface area (Å²) < 4.78 is 26.6. The molecule has 0 aromatic heterocycles. The first-order valence-electron chi connectivity index (χ1n) is 7.48. The predicted octanol–water partition coefficient (Wildman–Crippen LogP) is 2.18. The van der Waals surface area contributed by atoms with Gasteiger partial charge in [0.2, 0.25) is 15.9 Å². The topological polar surface area (TPSA) is 75.3 Å². The van der Waals surface area contributed by atoms with E-state index in [0.717, 1.165) is 10.5 Å². The van der Waals surface area contributed by atoms with E-state index in [1.165, 1.54) is 11.8 Å². The fourth-order valence-corrected chi connectivity index (χ4v) is 3.69. The van der Waals surface area contributed by atoms with Crippen LogP contribution in [0.25, 0.3) is 0 Å². The van der Waals surface area contributed by atoms with Gasteiger partial charge in [0.05, 0.1) is 10.6 Å². The Morgan fingerprint density at radius 1 is 1.00 bits per heavy atom. The molecule has 5 nitrogen and oxygen atoms in total. The standard InChI is InChI=1S/C17H20N2O3S2/c1-14-7-9-16(10-8-14)24(21,22)19-12-11-18-17(20)13-23-15-5-3-2-4-6-15/h2-10,19H,11-13H2,1H3,(H,18,20). The Kier molecular flexibility index (Phi) is 6.84. The average Bonchev–Trinajstić information content (AvgIpc) is 2.58. The number of rotatable bonds is 8. The van der Waals surface area contributed by atoms with Gasteiger partial charge in [0.25, 0.3) is 0 Å². The molecule has 2 aromatic carbocycles. The predicted molar refractivity (Wildman–Crippen MR) is 96.5 cm³/mol. The maximum absolute atomic E-state index is 12.1. The molecule has 0 saturated carbocycles. The van der Waals surface area contributed by atoms with Gasteiger partial charge < -0.3 is 5.32 Å². The highest BCUT2D eigenvalue weighted by Gasteiger charge is 2.12. The molecular formula is C17H20N2O3S2. The lowest BCUT2D eigenvalue weighted by atomic mass is 10.2. The molecule has 2 rings (SSSR count). The highest BCUT2D eigenvalue weighted by Crippen LogP contribution is 2.16. The molecule has 0 bridgehead atoms. The molecule has 0 heterocycles. The summed E-state index contributed by atoms with van der Waals surface area (Å²) in [7, 11) is -3.54. The number of hydrogen-bond donors (Lipinski definition) is 2. The molecule has 0 unspecified atom stereocenters. The van der Waals surface area contributed by atoms with Crippen LogP contribution in [-0.4, -0.2) is 33.2 Å². The van der Waals surface area contributed by atoms with Crippen molar-refractivity contribution in [2.45, 2.75) is 16.7 Å². The van der Waals surface area contributed by atoms with E-state index in [2.05, 4.69) is 10.0 Å². The molecule has 0 aliphatic rings. The van der Waals surface area contributed by atoms with Gasteiger partial charge in [-0.3, -0.25) is 4.79 Å². The first kappa shape index (κ1) is 18.5. The highest BCUT2D eigenvalue weighted by molar-refractivity contribution is 8.00. The van der Waals surface area contributed by atoms with Gasteiger partial charge in [-0.2, -0.15) is 0 Å². The number of sulfonamides is 1. The Morgan fingerprint density at radius 2 is 1.67 bits per heavy atom. The number of thioether (sulfide) groups is 1. The third-order valence-corrected chi connectivity index (χ3v) is 5.67. The van der Waals surface area contributed by atoms with Crippen LogP contribution in [0.5, 0.6) is 0 Å². The van der Waals surface area contributed by atoms with Gasteiger partial charge in [-0.1, -0.05) is 35.9 Å². The molecule has 7 heteroatoms. The molecule has 2 aromatic rings. The molecule has 2 N–H and O–H groups in total. The molecule has 0 aliphatic heterocycles. The van der Waals surface area contributed by atoms with Crippen LogP contribution in [-0.2, 0) is 14.8 Å². The zero-order valence-electron chi connectivity index (χ0n) is 13.4. The summed E-state index contributed by atoms with van der Waals surface area (Å²) in [5.41, 5.74) is 0.997. The van der Waals surface area contributed by atoms with Crippen LogP contribution in [0.2, 0.25) is 0 Å². The van der Waals surface area contributed by atoms with Crippen molar-refractivity contribution < 1.29 is 13.2 Å². The molecule has 24 heavy (non-hydrogen) atoms. The summed E-state index contributed by atoms with van der Waals surface area (Å²) in [6.45, 7) is 2.30. The van der Waals surface area contributed by atoms with Gasteiger partial charge in [0.15, 0.2) is 0 Å². The molecule has 0 fully saturated rings. The summed E-state index contributed by atoms with van der Waals surface area (Å²) in [6.07, 6.45) is 0. The van der Waals surface area contributed by atoms with E-state index in [-0.39, 0.29) is 23.9 Å². The van der Waals surface area contributed by atoms with Gasteiger partial charge in [-0.05, 0) is 31.2 Å². The monoisotopic (exact) mass is 364 g/mol. The summed E-state index contributed by atoms with van der Waals surface area (Å²) in [5.74, 6) is 0.174. The zero-order chi connectivity index (χ0) is 17.4. The van der Waals surface area contributed by atoms with Crippen LogP contribution in [0, 0.1) is 6.92 Å². The summed E-state index contributed by atoms with van der Waals surface area (Å²) in [4.78, 5) is 13.0. The number of benzene rings is 2. The van der Waals surface area contributed by atoms with E-state index < -0.39 is 10.0 Å². The van der Waals surface area contributed by atoms with Gasteiger partial charge >= 0.3 is 0 Å². The summed E-state index contributed by atoms with van der Waals surface area (Å²) >= 11 is 1.44. The van der Waals surface area contributed by atoms with Crippen molar-refractivity contribution in [3.63, 3.8) is 0 Å². The fourth-order valence-electron chi connectivity index (χ4n) is 1.90. The lowest BCUT2D eigenvalue weighted by molar-refractivity contribution is -0.118. The van der Waals surface area contributed by atoms with Crippen LogP contribution >= 0.6 is 11.8 Å². The van der Waals surface area contributed by atoms with E-state index >= 15 is 0 Å². The minimum atomic E-state index is -3.54. The number of carbonyl (C=O) groups excluding carboxylic acids is 1. The minimum absolute atomic E-state index is 0.126. The fraction of sp³-hybridized carbons (Fsp3) is 0.235. The largest absolute Gasteiger partial charge is 0.354 e. The first-order chi connectivity index (χ1) is 11.5. The zero-order valence-corrected chi connectivity index (χ0v) is 15.0. The number of aryl methyl sites for hydroxylation is 1. The van der Waals surface area contributed by atoms with Gasteiger partial charge in [-0.15, -0.1) is 11.8 Å². The molecule has 0 saturated heterocycles. The second kappa shape index (κ2) is 8.86. The Balaban J connectivity index is 1.70.